The van der Waals surface area contributed by atoms with Crippen molar-refractivity contribution in [1.29, 1.82) is 5.26 Å². The monoisotopic (exact) mass is 446 g/mol. The molecule has 7 nitrogen and oxygen atoms in total. The fraction of sp³-hybridized carbons (Fsp3) is 0.524. The van der Waals surface area contributed by atoms with Gasteiger partial charge in [-0.3, -0.25) is 19.1 Å². The summed E-state index contributed by atoms with van der Waals surface area (Å²) in [5.74, 6) is 0.622. The molecule has 2 saturated heterocycles. The number of hydrogen-bond donors (Lipinski definition) is 0. The van der Waals surface area contributed by atoms with E-state index >= 15 is 0 Å². The molecule has 0 aromatic carbocycles. The Balaban J connectivity index is 2.01. The van der Waals surface area contributed by atoms with Gasteiger partial charge in [-0.05, 0) is 44.7 Å². The Kier molecular flexibility index (Phi) is 7.34. The fourth-order valence-corrected chi connectivity index (χ4v) is 5.11. The summed E-state index contributed by atoms with van der Waals surface area (Å²) < 4.78 is 7.41. The number of hydrogen-bond acceptors (Lipinski definition) is 7. The second kappa shape index (κ2) is 9.77. The van der Waals surface area contributed by atoms with Crippen LogP contribution in [-0.2, 0) is 16.6 Å². The number of carbonyl (C=O) groups excluding carboxylic acids is 1. The summed E-state index contributed by atoms with van der Waals surface area (Å²) in [6.45, 7) is 7.13. The van der Waals surface area contributed by atoms with Crippen molar-refractivity contribution < 1.29 is 9.53 Å². The van der Waals surface area contributed by atoms with Crippen molar-refractivity contribution in [2.45, 2.75) is 33.1 Å². The zero-order chi connectivity index (χ0) is 21.8. The quantitative estimate of drug-likeness (QED) is 0.362. The van der Waals surface area contributed by atoms with Crippen LogP contribution in [0.2, 0.25) is 0 Å². The summed E-state index contributed by atoms with van der Waals surface area (Å²) in [7, 11) is 1.69. The Morgan fingerprint density at radius 3 is 2.63 bits per heavy atom. The predicted octanol–water partition coefficient (Wildman–Crippen LogP) is 2.79. The SMILES string of the molecule is CCOCCCN1C(=O)/C(=C\c2c(C)c(C#N)c(=O)n(C)c2N2CCCC2)SC1=S. The average Bonchev–Trinajstić information content (AvgIpc) is 3.33. The molecular formula is C21H26N4O3S2. The van der Waals surface area contributed by atoms with Gasteiger partial charge >= 0.3 is 0 Å². The van der Waals surface area contributed by atoms with Crippen molar-refractivity contribution in [3.8, 4) is 6.07 Å². The van der Waals surface area contributed by atoms with E-state index in [2.05, 4.69) is 4.90 Å². The maximum absolute atomic E-state index is 13.0. The minimum Gasteiger partial charge on any atom is -0.382 e. The van der Waals surface area contributed by atoms with E-state index in [1.807, 2.05) is 13.0 Å². The maximum Gasteiger partial charge on any atom is 0.270 e. The molecule has 3 heterocycles. The first-order valence-electron chi connectivity index (χ1n) is 10.1. The van der Waals surface area contributed by atoms with Crippen LogP contribution in [0.3, 0.4) is 0 Å². The Morgan fingerprint density at radius 2 is 2.00 bits per heavy atom. The average molecular weight is 447 g/mol. The molecule has 30 heavy (non-hydrogen) atoms. The van der Waals surface area contributed by atoms with Crippen molar-refractivity contribution in [1.82, 2.24) is 9.47 Å². The van der Waals surface area contributed by atoms with Gasteiger partial charge in [0.05, 0.1) is 4.91 Å². The lowest BCUT2D eigenvalue weighted by molar-refractivity contribution is -0.122. The third-order valence-corrected chi connectivity index (χ3v) is 6.77. The number of carbonyl (C=O) groups is 1. The largest absolute Gasteiger partial charge is 0.382 e. The van der Waals surface area contributed by atoms with E-state index in [1.165, 1.54) is 16.3 Å². The van der Waals surface area contributed by atoms with Crippen molar-refractivity contribution in [3.05, 3.63) is 31.9 Å². The molecule has 160 valence electrons. The lowest BCUT2D eigenvalue weighted by Crippen LogP contribution is -2.31. The normalized spacial score (nSPS) is 18.0. The van der Waals surface area contributed by atoms with E-state index in [0.29, 0.717) is 41.0 Å². The highest BCUT2D eigenvalue weighted by atomic mass is 32.2. The van der Waals surface area contributed by atoms with Crippen molar-refractivity contribution in [2.75, 3.05) is 37.7 Å². The molecule has 0 unspecified atom stereocenters. The van der Waals surface area contributed by atoms with Gasteiger partial charge in [0, 0.05) is 45.5 Å². The molecule has 2 fully saturated rings. The number of nitrogens with zero attached hydrogens (tertiary/aromatic N) is 4. The van der Waals surface area contributed by atoms with Crippen molar-refractivity contribution >= 4 is 46.1 Å². The van der Waals surface area contributed by atoms with Gasteiger partial charge in [0.15, 0.2) is 0 Å². The molecule has 0 spiro atoms. The number of nitriles is 1. The van der Waals surface area contributed by atoms with Gasteiger partial charge in [-0.1, -0.05) is 24.0 Å². The van der Waals surface area contributed by atoms with Crippen LogP contribution in [0.5, 0.6) is 0 Å². The molecule has 0 bridgehead atoms. The number of anilines is 1. The highest BCUT2D eigenvalue weighted by Crippen LogP contribution is 2.36. The van der Waals surface area contributed by atoms with Gasteiger partial charge < -0.3 is 9.64 Å². The number of thiocarbonyl (C=S) groups is 1. The first-order chi connectivity index (χ1) is 14.4. The van der Waals surface area contributed by atoms with E-state index in [9.17, 15) is 14.9 Å². The van der Waals surface area contributed by atoms with E-state index in [4.69, 9.17) is 17.0 Å². The summed E-state index contributed by atoms with van der Waals surface area (Å²) in [6.07, 6.45) is 4.61. The van der Waals surface area contributed by atoms with E-state index < -0.39 is 0 Å². The number of ether oxygens (including phenoxy) is 1. The molecule has 2 aliphatic rings. The first-order valence-corrected chi connectivity index (χ1v) is 11.3. The second-order valence-electron chi connectivity index (χ2n) is 7.29. The maximum atomic E-state index is 13.0. The van der Waals surface area contributed by atoms with Crippen LogP contribution in [-0.4, -0.2) is 52.5 Å². The molecule has 2 aliphatic heterocycles. The second-order valence-corrected chi connectivity index (χ2v) is 8.97. The van der Waals surface area contributed by atoms with Crippen LogP contribution >= 0.6 is 24.0 Å². The van der Waals surface area contributed by atoms with E-state index in [0.717, 1.165) is 37.3 Å². The molecule has 1 aromatic heterocycles. The molecule has 0 saturated carbocycles. The van der Waals surface area contributed by atoms with Crippen LogP contribution in [0.15, 0.2) is 9.70 Å². The number of rotatable bonds is 7. The molecule has 0 radical (unpaired) electrons. The van der Waals surface area contributed by atoms with Crippen molar-refractivity contribution in [2.24, 2.45) is 7.05 Å². The molecule has 0 N–H and O–H groups in total. The number of amides is 1. The minimum atomic E-state index is -0.308. The highest BCUT2D eigenvalue weighted by molar-refractivity contribution is 8.26. The third-order valence-electron chi connectivity index (χ3n) is 5.40. The Hall–Kier alpha value is -2.15. The zero-order valence-corrected chi connectivity index (χ0v) is 19.2. The van der Waals surface area contributed by atoms with Crippen molar-refractivity contribution in [3.63, 3.8) is 0 Å². The molecular weight excluding hydrogens is 420 g/mol. The zero-order valence-electron chi connectivity index (χ0n) is 17.6. The van der Waals surface area contributed by atoms with Gasteiger partial charge in [0.2, 0.25) is 0 Å². The molecule has 1 amide bonds. The van der Waals surface area contributed by atoms with Crippen LogP contribution in [0.4, 0.5) is 5.82 Å². The summed E-state index contributed by atoms with van der Waals surface area (Å²) in [4.78, 5) is 30.0. The minimum absolute atomic E-state index is 0.110. The van der Waals surface area contributed by atoms with Crippen LogP contribution in [0.25, 0.3) is 6.08 Å². The number of aromatic nitrogens is 1. The van der Waals surface area contributed by atoms with E-state index in [1.54, 1.807) is 24.9 Å². The highest BCUT2D eigenvalue weighted by Gasteiger charge is 2.33. The Labute approximate surface area is 186 Å². The van der Waals surface area contributed by atoms with Gasteiger partial charge in [-0.2, -0.15) is 5.26 Å². The third kappa shape index (κ3) is 4.31. The molecule has 0 atom stereocenters. The fourth-order valence-electron chi connectivity index (χ4n) is 3.82. The summed E-state index contributed by atoms with van der Waals surface area (Å²) in [5.41, 5.74) is 1.14. The van der Waals surface area contributed by atoms with Gasteiger partial charge in [0.25, 0.3) is 11.5 Å². The Bertz CT molecular complexity index is 987. The molecule has 3 rings (SSSR count). The number of pyridine rings is 1. The molecule has 9 heteroatoms. The predicted molar refractivity (Wildman–Crippen MR) is 124 cm³/mol. The van der Waals surface area contributed by atoms with Gasteiger partial charge in [-0.15, -0.1) is 0 Å². The summed E-state index contributed by atoms with van der Waals surface area (Å²) in [6, 6.07) is 2.03. The molecule has 1 aromatic rings. The van der Waals surface area contributed by atoms with Gasteiger partial charge in [-0.25, -0.2) is 0 Å². The summed E-state index contributed by atoms with van der Waals surface area (Å²) >= 11 is 6.69. The topological polar surface area (TPSA) is 78.6 Å². The lowest BCUT2D eigenvalue weighted by Gasteiger charge is -2.25. The summed E-state index contributed by atoms with van der Waals surface area (Å²) in [5, 5.41) is 9.53. The van der Waals surface area contributed by atoms with E-state index in [-0.39, 0.29) is 17.0 Å². The van der Waals surface area contributed by atoms with Crippen LogP contribution in [0, 0.1) is 18.3 Å². The Morgan fingerprint density at radius 1 is 1.30 bits per heavy atom. The standard InChI is InChI=1S/C21H26N4O3S2/c1-4-28-11-7-10-25-20(27)17(30-21(25)29)12-15-14(2)16(13-22)19(26)23(3)18(15)24-8-5-6-9-24/h12H,4-11H2,1-3H3/b17-12+. The van der Waals surface area contributed by atoms with Crippen LogP contribution in [0.1, 0.15) is 42.9 Å². The number of thioether (sulfide) groups is 1. The first kappa shape index (κ1) is 22.5. The smallest absolute Gasteiger partial charge is 0.270 e. The van der Waals surface area contributed by atoms with Crippen LogP contribution < -0.4 is 10.5 Å². The lowest BCUT2D eigenvalue weighted by atomic mass is 10.0. The van der Waals surface area contributed by atoms with Gasteiger partial charge in [0.1, 0.15) is 21.8 Å². The molecule has 0 aliphatic carbocycles.